The molecule has 1 aromatic carbocycles. The molecule has 3 heterocycles. The van der Waals surface area contributed by atoms with Crippen molar-refractivity contribution in [1.29, 1.82) is 0 Å². The van der Waals surface area contributed by atoms with Crippen molar-refractivity contribution in [2.75, 3.05) is 12.9 Å². The number of esters is 2. The van der Waals surface area contributed by atoms with Gasteiger partial charge in [-0.2, -0.15) is 0 Å². The van der Waals surface area contributed by atoms with E-state index in [1.165, 1.54) is 18.2 Å². The van der Waals surface area contributed by atoms with Crippen LogP contribution in [0.1, 0.15) is 25.6 Å². The normalized spacial score (nSPS) is 26.7. The van der Waals surface area contributed by atoms with Crippen LogP contribution in [0.5, 0.6) is 5.75 Å². The summed E-state index contributed by atoms with van der Waals surface area (Å²) < 4.78 is 70.0. The van der Waals surface area contributed by atoms with Crippen molar-refractivity contribution in [3.63, 3.8) is 0 Å². The highest BCUT2D eigenvalue weighted by molar-refractivity contribution is 7.90. The third kappa shape index (κ3) is 6.05. The number of fused-ring (bicyclic) bond motifs is 1. The van der Waals surface area contributed by atoms with Gasteiger partial charge in [-0.1, -0.05) is 0 Å². The minimum Gasteiger partial charge on any atom is -0.456 e. The van der Waals surface area contributed by atoms with Gasteiger partial charge >= 0.3 is 25.5 Å². The SMILES string of the molecule is CC(=O)O[C@@H]1[C@H](OC(C)=O)[C@@H](COP2(=O)OCc3cc(S(C)(=O)=O)ccc3O2)O[C@H]1n1ccc(=O)[nH]c1=O. The molecule has 0 bridgehead atoms. The summed E-state index contributed by atoms with van der Waals surface area (Å²) in [6.45, 7) is 1.33. The second-order valence-electron chi connectivity index (χ2n) is 8.38. The zero-order valence-electron chi connectivity index (χ0n) is 20.2. The number of carbonyl (C=O) groups excluding carboxylic acids is 2. The number of benzene rings is 1. The number of rotatable bonds is 7. The topological polar surface area (TPSA) is 196 Å². The Balaban J connectivity index is 1.57. The largest absolute Gasteiger partial charge is 0.530 e. The lowest BCUT2D eigenvalue weighted by Gasteiger charge is -2.27. The van der Waals surface area contributed by atoms with Crippen LogP contribution in [0, 0.1) is 0 Å². The summed E-state index contributed by atoms with van der Waals surface area (Å²) in [4.78, 5) is 49.5. The molecule has 1 saturated heterocycles. The molecule has 2 aromatic rings. The van der Waals surface area contributed by atoms with Crippen molar-refractivity contribution in [3.05, 3.63) is 56.9 Å². The molecule has 15 nitrogen and oxygen atoms in total. The summed E-state index contributed by atoms with van der Waals surface area (Å²) in [6.07, 6.45) is -3.12. The Kier molecular flexibility index (Phi) is 7.63. The van der Waals surface area contributed by atoms with Crippen LogP contribution in [0.25, 0.3) is 0 Å². The van der Waals surface area contributed by atoms with Gasteiger partial charge in [0, 0.05) is 37.9 Å². The molecule has 1 aromatic heterocycles. The summed E-state index contributed by atoms with van der Waals surface area (Å²) >= 11 is 0. The van der Waals surface area contributed by atoms with Crippen molar-refractivity contribution in [1.82, 2.24) is 9.55 Å². The number of ether oxygens (including phenoxy) is 3. The summed E-state index contributed by atoms with van der Waals surface area (Å²) in [7, 11) is -7.76. The second kappa shape index (κ2) is 10.5. The Labute approximate surface area is 215 Å². The Bertz CT molecular complexity index is 1530. The highest BCUT2D eigenvalue weighted by atomic mass is 32.2. The van der Waals surface area contributed by atoms with Gasteiger partial charge in [0.25, 0.3) is 5.56 Å². The van der Waals surface area contributed by atoms with Crippen molar-refractivity contribution in [3.8, 4) is 5.75 Å². The number of aromatic amines is 1. The lowest BCUT2D eigenvalue weighted by atomic mass is 10.1. The summed E-state index contributed by atoms with van der Waals surface area (Å²) in [5.41, 5.74) is -1.25. The molecule has 4 rings (SSSR count). The van der Waals surface area contributed by atoms with E-state index in [9.17, 15) is 32.2 Å². The van der Waals surface area contributed by atoms with E-state index in [2.05, 4.69) is 0 Å². The van der Waals surface area contributed by atoms with Gasteiger partial charge in [0.1, 0.15) is 11.9 Å². The molecular formula is C21H23N2O13PS. The molecule has 0 radical (unpaired) electrons. The van der Waals surface area contributed by atoms with Crippen LogP contribution >= 0.6 is 7.82 Å². The number of aromatic nitrogens is 2. The third-order valence-electron chi connectivity index (χ3n) is 5.46. The fourth-order valence-corrected chi connectivity index (χ4v) is 5.75. The van der Waals surface area contributed by atoms with E-state index in [1.54, 1.807) is 0 Å². The second-order valence-corrected chi connectivity index (χ2v) is 12.0. The predicted octanol–water partition coefficient (Wildman–Crippen LogP) is 0.435. The van der Waals surface area contributed by atoms with Crippen LogP contribution in [-0.4, -0.2) is 61.1 Å². The van der Waals surface area contributed by atoms with Crippen LogP contribution in [-0.2, 0) is 53.9 Å². The minimum absolute atomic E-state index is 0.0183. The lowest BCUT2D eigenvalue weighted by molar-refractivity contribution is -0.165. The van der Waals surface area contributed by atoms with Gasteiger partial charge in [-0.3, -0.25) is 33.0 Å². The smallest absolute Gasteiger partial charge is 0.456 e. The van der Waals surface area contributed by atoms with Crippen LogP contribution in [0.2, 0.25) is 0 Å². The third-order valence-corrected chi connectivity index (χ3v) is 7.90. The highest BCUT2D eigenvalue weighted by Gasteiger charge is 2.51. The fourth-order valence-electron chi connectivity index (χ4n) is 3.86. The molecule has 1 fully saturated rings. The van der Waals surface area contributed by atoms with Crippen LogP contribution in [0.3, 0.4) is 0 Å². The van der Waals surface area contributed by atoms with E-state index < -0.39 is 72.0 Å². The number of phosphoric ester groups is 1. The fraction of sp³-hybridized carbons (Fsp3) is 0.429. The van der Waals surface area contributed by atoms with Gasteiger partial charge in [-0.15, -0.1) is 0 Å². The maximum absolute atomic E-state index is 13.1. The van der Waals surface area contributed by atoms with Gasteiger partial charge < -0.3 is 18.7 Å². The van der Waals surface area contributed by atoms with Gasteiger partial charge in [0.15, 0.2) is 28.3 Å². The van der Waals surface area contributed by atoms with E-state index in [4.69, 9.17) is 27.8 Å². The molecule has 0 aliphatic carbocycles. The average molecular weight is 574 g/mol. The number of nitrogens with zero attached hydrogens (tertiary/aromatic N) is 1. The number of hydrogen-bond acceptors (Lipinski definition) is 13. The van der Waals surface area contributed by atoms with Gasteiger partial charge in [0.2, 0.25) is 0 Å². The standard InChI is InChI=1S/C21H23N2O13PS/c1-11(24)33-18-16(35-20(19(18)34-12(2)25)23-7-6-17(26)22-21(23)27)10-32-37(28)31-9-13-8-14(38(3,29)30)4-5-15(13)36-37/h4-8,16,18-20H,9-10H2,1-3H3,(H,22,26,27)/t16-,18-,19-,20-,37?/m1/s1. The van der Waals surface area contributed by atoms with Crippen molar-refractivity contribution >= 4 is 29.6 Å². The average Bonchev–Trinajstić information content (AvgIpc) is 3.12. The van der Waals surface area contributed by atoms with E-state index in [1.807, 2.05) is 4.98 Å². The summed E-state index contributed by atoms with van der Waals surface area (Å²) in [5.74, 6) is -1.48. The summed E-state index contributed by atoms with van der Waals surface area (Å²) in [6, 6.07) is 4.94. The first-order valence-corrected chi connectivity index (χ1v) is 14.3. The highest BCUT2D eigenvalue weighted by Crippen LogP contribution is 2.55. The molecule has 5 atom stereocenters. The molecule has 1 N–H and O–H groups in total. The number of hydrogen-bond donors (Lipinski definition) is 1. The molecular weight excluding hydrogens is 551 g/mol. The van der Waals surface area contributed by atoms with Crippen molar-refractivity contribution < 1.29 is 50.4 Å². The van der Waals surface area contributed by atoms with Crippen LogP contribution in [0.15, 0.2) is 44.9 Å². The quantitative estimate of drug-likeness (QED) is 0.354. The molecule has 0 spiro atoms. The molecule has 206 valence electrons. The zero-order valence-corrected chi connectivity index (χ0v) is 21.9. The van der Waals surface area contributed by atoms with E-state index in [-0.39, 0.29) is 17.3 Å². The predicted molar refractivity (Wildman–Crippen MR) is 125 cm³/mol. The molecule has 2 aliphatic rings. The van der Waals surface area contributed by atoms with E-state index >= 15 is 0 Å². The van der Waals surface area contributed by atoms with Crippen LogP contribution < -0.4 is 15.8 Å². The molecule has 17 heteroatoms. The molecule has 1 unspecified atom stereocenters. The van der Waals surface area contributed by atoms with Crippen molar-refractivity contribution in [2.45, 2.75) is 49.9 Å². The van der Waals surface area contributed by atoms with Gasteiger partial charge in [-0.25, -0.2) is 17.8 Å². The number of nitrogens with one attached hydrogen (secondary N) is 1. The van der Waals surface area contributed by atoms with Gasteiger partial charge in [0.05, 0.1) is 18.1 Å². The Morgan fingerprint density at radius 2 is 1.82 bits per heavy atom. The number of phosphoric acid groups is 1. The molecule has 2 aliphatic heterocycles. The minimum atomic E-state index is -4.26. The Morgan fingerprint density at radius 1 is 1.13 bits per heavy atom. The first-order valence-electron chi connectivity index (χ1n) is 11.0. The Morgan fingerprint density at radius 3 is 2.45 bits per heavy atom. The summed E-state index contributed by atoms with van der Waals surface area (Å²) in [5, 5.41) is 0. The zero-order chi connectivity index (χ0) is 27.8. The van der Waals surface area contributed by atoms with Crippen molar-refractivity contribution in [2.24, 2.45) is 0 Å². The monoisotopic (exact) mass is 574 g/mol. The van der Waals surface area contributed by atoms with E-state index in [0.717, 1.165) is 36.9 Å². The maximum atomic E-state index is 13.1. The number of H-pyrrole nitrogens is 1. The van der Waals surface area contributed by atoms with Gasteiger partial charge in [-0.05, 0) is 18.2 Å². The van der Waals surface area contributed by atoms with Crippen LogP contribution in [0.4, 0.5) is 0 Å². The van der Waals surface area contributed by atoms with E-state index in [0.29, 0.717) is 5.56 Å². The first-order chi connectivity index (χ1) is 17.8. The maximum Gasteiger partial charge on any atom is 0.530 e. The lowest BCUT2D eigenvalue weighted by Crippen LogP contribution is -2.42. The molecule has 0 saturated carbocycles. The number of sulfone groups is 1. The molecule has 38 heavy (non-hydrogen) atoms. The first kappa shape index (κ1) is 27.7. The Hall–Kier alpha value is -3.30. The molecule has 0 amide bonds. The number of carbonyl (C=O) groups is 2.